The first-order valence-electron chi connectivity index (χ1n) is 7.47. The zero-order chi connectivity index (χ0) is 21.5. The van der Waals surface area contributed by atoms with Crippen molar-refractivity contribution in [3.63, 3.8) is 0 Å². The Morgan fingerprint density at radius 1 is 1.07 bits per heavy atom. The Bertz CT molecular complexity index is 758. The zero-order valence-electron chi connectivity index (χ0n) is 13.9. The van der Waals surface area contributed by atoms with Gasteiger partial charge in [0.15, 0.2) is 4.58 Å². The molecule has 0 heterocycles. The second kappa shape index (κ2) is 7.26. The normalized spacial score (nSPS) is 25.3. The summed E-state index contributed by atoms with van der Waals surface area (Å²) in [4.78, 5) is 11.6. The van der Waals surface area contributed by atoms with Gasteiger partial charge < -0.3 is 5.32 Å². The molecule has 1 fully saturated rings. The summed E-state index contributed by atoms with van der Waals surface area (Å²) in [5, 5.41) is 2.10. The standard InChI is InChI=1S/C13H17F6NO5S2/c1-3-9(21)20-11(2)7-5-4-6-8(11)10(26(22,23)12(14,15)16)27(24,25)13(17,18)19/h3,8,10H,1,4-7H2,2H3,(H,20,21). The Kier molecular flexibility index (Phi) is 6.38. The lowest BCUT2D eigenvalue weighted by Gasteiger charge is -2.44. The predicted octanol–water partition coefficient (Wildman–Crippen LogP) is 2.43. The molecule has 0 spiro atoms. The van der Waals surface area contributed by atoms with Crippen LogP contribution in [0.25, 0.3) is 0 Å². The number of amides is 1. The predicted molar refractivity (Wildman–Crippen MR) is 82.4 cm³/mol. The summed E-state index contributed by atoms with van der Waals surface area (Å²) in [6, 6.07) is 0. The molecule has 1 aliphatic rings. The average Bonchev–Trinajstić information content (AvgIpc) is 2.46. The van der Waals surface area contributed by atoms with E-state index in [0.29, 0.717) is 6.08 Å². The monoisotopic (exact) mass is 445 g/mol. The number of carbonyl (C=O) groups excluding carboxylic acids is 1. The Hall–Kier alpha value is -1.31. The molecule has 2 unspecified atom stereocenters. The summed E-state index contributed by atoms with van der Waals surface area (Å²) in [7, 11) is -13.6. The molecule has 27 heavy (non-hydrogen) atoms. The Morgan fingerprint density at radius 3 is 1.89 bits per heavy atom. The number of halogens is 6. The third-order valence-electron chi connectivity index (χ3n) is 4.46. The highest BCUT2D eigenvalue weighted by molar-refractivity contribution is 8.09. The Labute approximate surface area is 151 Å². The van der Waals surface area contributed by atoms with E-state index in [1.165, 1.54) is 0 Å². The van der Waals surface area contributed by atoms with Crippen LogP contribution in [0.1, 0.15) is 32.6 Å². The summed E-state index contributed by atoms with van der Waals surface area (Å²) in [6.45, 7) is 4.11. The highest BCUT2D eigenvalue weighted by Gasteiger charge is 2.67. The molecule has 1 rings (SSSR count). The van der Waals surface area contributed by atoms with E-state index < -0.39 is 59.1 Å². The molecule has 158 valence electrons. The molecular weight excluding hydrogens is 428 g/mol. The van der Waals surface area contributed by atoms with Gasteiger partial charge in [-0.1, -0.05) is 19.4 Å². The maximum absolute atomic E-state index is 13.0. The van der Waals surface area contributed by atoms with Crippen LogP contribution in [0, 0.1) is 5.92 Å². The fraction of sp³-hybridized carbons (Fsp3) is 0.769. The van der Waals surface area contributed by atoms with Gasteiger partial charge in [0.05, 0.1) is 0 Å². The third kappa shape index (κ3) is 4.41. The highest BCUT2D eigenvalue weighted by atomic mass is 32.3. The molecule has 1 aliphatic carbocycles. The zero-order valence-corrected chi connectivity index (χ0v) is 15.5. The van der Waals surface area contributed by atoms with Crippen molar-refractivity contribution in [1.82, 2.24) is 5.32 Å². The van der Waals surface area contributed by atoms with E-state index in [9.17, 15) is 48.0 Å². The van der Waals surface area contributed by atoms with Crippen molar-refractivity contribution in [2.75, 3.05) is 0 Å². The minimum absolute atomic E-state index is 0.0124. The van der Waals surface area contributed by atoms with Crippen LogP contribution in [-0.2, 0) is 24.5 Å². The van der Waals surface area contributed by atoms with E-state index in [0.717, 1.165) is 6.92 Å². The fourth-order valence-corrected chi connectivity index (χ4v) is 7.40. The second-order valence-corrected chi connectivity index (χ2v) is 10.7. The summed E-state index contributed by atoms with van der Waals surface area (Å²) in [5.74, 6) is -3.16. The van der Waals surface area contributed by atoms with Crippen LogP contribution < -0.4 is 5.32 Å². The number of hydrogen-bond donors (Lipinski definition) is 1. The van der Waals surface area contributed by atoms with E-state index in [-0.39, 0.29) is 19.3 Å². The molecule has 0 saturated heterocycles. The average molecular weight is 445 g/mol. The lowest BCUT2D eigenvalue weighted by molar-refractivity contribution is -0.119. The smallest absolute Gasteiger partial charge is 0.347 e. The maximum Gasteiger partial charge on any atom is 0.498 e. The van der Waals surface area contributed by atoms with E-state index in [1.807, 2.05) is 0 Å². The molecule has 1 saturated carbocycles. The molecule has 14 heteroatoms. The number of sulfone groups is 2. The quantitative estimate of drug-likeness (QED) is 0.518. The van der Waals surface area contributed by atoms with Gasteiger partial charge in [-0.3, -0.25) is 4.79 Å². The van der Waals surface area contributed by atoms with Gasteiger partial charge in [0.1, 0.15) is 0 Å². The van der Waals surface area contributed by atoms with Crippen LogP contribution in [-0.4, -0.2) is 43.9 Å². The molecule has 1 amide bonds. The number of hydrogen-bond acceptors (Lipinski definition) is 5. The molecule has 1 N–H and O–H groups in total. The van der Waals surface area contributed by atoms with Gasteiger partial charge in [-0.05, 0) is 25.8 Å². The van der Waals surface area contributed by atoms with Gasteiger partial charge in [0, 0.05) is 11.5 Å². The van der Waals surface area contributed by atoms with Gasteiger partial charge in [-0.2, -0.15) is 26.3 Å². The molecule has 2 atom stereocenters. The first-order chi connectivity index (χ1) is 11.9. The first-order valence-corrected chi connectivity index (χ1v) is 10.6. The van der Waals surface area contributed by atoms with Crippen molar-refractivity contribution in [3.8, 4) is 0 Å². The van der Waals surface area contributed by atoms with Gasteiger partial charge in [-0.25, -0.2) is 16.8 Å². The number of carbonyl (C=O) groups is 1. The van der Waals surface area contributed by atoms with Gasteiger partial charge in [0.2, 0.25) is 5.91 Å². The summed E-state index contributed by atoms with van der Waals surface area (Å²) in [5.41, 5.74) is -14.4. The topological polar surface area (TPSA) is 97.4 Å². The molecule has 0 radical (unpaired) electrons. The van der Waals surface area contributed by atoms with Crippen molar-refractivity contribution in [1.29, 1.82) is 0 Å². The van der Waals surface area contributed by atoms with Crippen LogP contribution in [0.4, 0.5) is 26.3 Å². The fourth-order valence-electron chi connectivity index (χ4n) is 3.15. The number of rotatable bonds is 5. The van der Waals surface area contributed by atoms with E-state index in [4.69, 9.17) is 0 Å². The van der Waals surface area contributed by atoms with Gasteiger partial charge >= 0.3 is 11.0 Å². The summed E-state index contributed by atoms with van der Waals surface area (Å²) < 4.78 is 122. The summed E-state index contributed by atoms with van der Waals surface area (Å²) in [6.07, 6.45) is 0.108. The maximum atomic E-state index is 13.0. The number of nitrogens with one attached hydrogen (secondary N) is 1. The molecule has 0 aromatic rings. The minimum atomic E-state index is -6.78. The molecular formula is C13H17F6NO5S2. The summed E-state index contributed by atoms with van der Waals surface area (Å²) >= 11 is 0. The Morgan fingerprint density at radius 2 is 1.52 bits per heavy atom. The number of alkyl halides is 6. The Balaban J connectivity index is 3.73. The third-order valence-corrected chi connectivity index (χ3v) is 9.15. The lowest BCUT2D eigenvalue weighted by atomic mass is 9.74. The van der Waals surface area contributed by atoms with E-state index in [2.05, 4.69) is 11.9 Å². The van der Waals surface area contributed by atoms with Crippen molar-refractivity contribution in [2.45, 2.75) is 53.7 Å². The van der Waals surface area contributed by atoms with Gasteiger partial charge in [-0.15, -0.1) is 0 Å². The van der Waals surface area contributed by atoms with Crippen LogP contribution in [0.2, 0.25) is 0 Å². The van der Waals surface area contributed by atoms with Crippen LogP contribution in [0.5, 0.6) is 0 Å². The molecule has 0 aromatic heterocycles. The van der Waals surface area contributed by atoms with E-state index >= 15 is 0 Å². The van der Waals surface area contributed by atoms with Gasteiger partial charge in [0.25, 0.3) is 19.7 Å². The SMILES string of the molecule is C=CC(=O)NC1(C)CCCCC1C(S(=O)(=O)C(F)(F)F)S(=O)(=O)C(F)(F)F. The highest BCUT2D eigenvalue weighted by Crippen LogP contribution is 2.46. The van der Waals surface area contributed by atoms with Crippen molar-refractivity contribution in [3.05, 3.63) is 12.7 Å². The molecule has 0 bridgehead atoms. The molecule has 6 nitrogen and oxygen atoms in total. The van der Waals surface area contributed by atoms with Crippen LogP contribution in [0.15, 0.2) is 12.7 Å². The first kappa shape index (κ1) is 23.7. The minimum Gasteiger partial charge on any atom is -0.347 e. The molecule has 0 aliphatic heterocycles. The molecule has 0 aromatic carbocycles. The van der Waals surface area contributed by atoms with Crippen molar-refractivity contribution in [2.24, 2.45) is 5.92 Å². The van der Waals surface area contributed by atoms with Crippen LogP contribution in [0.3, 0.4) is 0 Å². The van der Waals surface area contributed by atoms with Crippen LogP contribution >= 0.6 is 0 Å². The van der Waals surface area contributed by atoms with E-state index in [1.54, 1.807) is 0 Å². The van der Waals surface area contributed by atoms with Crippen molar-refractivity contribution < 1.29 is 48.0 Å². The second-order valence-electron chi connectivity index (χ2n) is 6.31. The van der Waals surface area contributed by atoms with Crippen molar-refractivity contribution >= 4 is 25.6 Å². The largest absolute Gasteiger partial charge is 0.498 e. The lowest BCUT2D eigenvalue weighted by Crippen LogP contribution is -2.61.